The highest BCUT2D eigenvalue weighted by molar-refractivity contribution is 8.00. The molecule has 0 aliphatic heterocycles. The first kappa shape index (κ1) is 21.4. The number of nitrogens with one attached hydrogen (secondary N) is 1. The van der Waals surface area contributed by atoms with E-state index in [0.29, 0.717) is 41.1 Å². The zero-order valence-corrected chi connectivity index (χ0v) is 17.5. The first-order valence-electron chi connectivity index (χ1n) is 9.31. The third-order valence-corrected chi connectivity index (χ3v) is 5.38. The van der Waals surface area contributed by atoms with Gasteiger partial charge >= 0.3 is 0 Å². The number of carbonyl (C=O) groups excluding carboxylic acids is 2. The van der Waals surface area contributed by atoms with Crippen LogP contribution in [0.15, 0.2) is 52.2 Å². The van der Waals surface area contributed by atoms with E-state index in [0.717, 1.165) is 0 Å². The van der Waals surface area contributed by atoms with E-state index in [-0.39, 0.29) is 12.3 Å². The Bertz CT molecular complexity index is 1000. The van der Waals surface area contributed by atoms with E-state index in [1.165, 1.54) is 11.8 Å². The first-order chi connectivity index (χ1) is 14.5. The number of aromatic nitrogens is 3. The fourth-order valence-corrected chi connectivity index (χ4v) is 3.60. The van der Waals surface area contributed by atoms with Gasteiger partial charge in [-0.3, -0.25) is 14.2 Å². The normalized spacial score (nSPS) is 11.8. The lowest BCUT2D eigenvalue weighted by Crippen LogP contribution is -2.23. The van der Waals surface area contributed by atoms with Crippen LogP contribution in [-0.4, -0.2) is 38.9 Å². The summed E-state index contributed by atoms with van der Waals surface area (Å²) in [5.41, 5.74) is 5.86. The van der Waals surface area contributed by atoms with Gasteiger partial charge in [0.2, 0.25) is 11.8 Å². The monoisotopic (exact) mass is 429 g/mol. The summed E-state index contributed by atoms with van der Waals surface area (Å²) in [5, 5.41) is 11.4. The topological polar surface area (TPSA) is 125 Å². The van der Waals surface area contributed by atoms with E-state index in [1.54, 1.807) is 38.5 Å². The van der Waals surface area contributed by atoms with E-state index < -0.39 is 11.2 Å². The van der Waals surface area contributed by atoms with Crippen LogP contribution in [0.1, 0.15) is 24.9 Å². The van der Waals surface area contributed by atoms with Crippen LogP contribution in [0.3, 0.4) is 0 Å². The van der Waals surface area contributed by atoms with Crippen molar-refractivity contribution in [2.45, 2.75) is 36.7 Å². The van der Waals surface area contributed by atoms with Crippen molar-refractivity contribution in [1.29, 1.82) is 0 Å². The van der Waals surface area contributed by atoms with Crippen LogP contribution in [0.25, 0.3) is 0 Å². The van der Waals surface area contributed by atoms with Crippen molar-refractivity contribution in [2.75, 3.05) is 12.4 Å². The van der Waals surface area contributed by atoms with Crippen LogP contribution >= 0.6 is 11.8 Å². The summed E-state index contributed by atoms with van der Waals surface area (Å²) >= 11 is 1.27. The molecule has 2 heterocycles. The van der Waals surface area contributed by atoms with E-state index in [1.807, 2.05) is 22.8 Å². The summed E-state index contributed by atoms with van der Waals surface area (Å²) in [6.45, 7) is 2.17. The summed E-state index contributed by atoms with van der Waals surface area (Å²) in [5.74, 6) is 1.28. The predicted octanol–water partition coefficient (Wildman–Crippen LogP) is 2.47. The Morgan fingerprint density at radius 2 is 2.07 bits per heavy atom. The van der Waals surface area contributed by atoms with Crippen LogP contribution in [-0.2, 0) is 22.6 Å². The minimum absolute atomic E-state index is 0.158. The number of para-hydroxylation sites is 2. The Balaban J connectivity index is 1.75. The number of nitrogens with two attached hydrogens (primary N) is 1. The van der Waals surface area contributed by atoms with Crippen molar-refractivity contribution < 1.29 is 18.7 Å². The van der Waals surface area contributed by atoms with E-state index >= 15 is 0 Å². The average Bonchev–Trinajstić information content (AvgIpc) is 3.37. The molecule has 0 fully saturated rings. The van der Waals surface area contributed by atoms with Gasteiger partial charge in [-0.2, -0.15) is 0 Å². The Hall–Kier alpha value is -3.27. The zero-order chi connectivity index (χ0) is 21.5. The number of aryl methyl sites for hydroxylation is 1. The van der Waals surface area contributed by atoms with Crippen LogP contribution < -0.4 is 15.8 Å². The molecule has 1 unspecified atom stereocenters. The van der Waals surface area contributed by atoms with Gasteiger partial charge in [0.25, 0.3) is 0 Å². The van der Waals surface area contributed by atoms with Crippen molar-refractivity contribution in [3.8, 4) is 5.75 Å². The third-order valence-electron chi connectivity index (χ3n) is 4.30. The molecular weight excluding hydrogens is 406 g/mol. The number of hydrogen-bond acceptors (Lipinski definition) is 7. The second kappa shape index (κ2) is 9.97. The number of carbonyl (C=O) groups is 2. The number of ether oxygens (including phenoxy) is 1. The lowest BCUT2D eigenvalue weighted by molar-refractivity contribution is -0.118. The SMILES string of the molecule is COc1ccccc1NC(=O)C(C)Sc1nnc(CCC(N)=O)n1Cc1ccco1. The maximum atomic E-state index is 12.7. The molecule has 3 aromatic rings. The van der Waals surface area contributed by atoms with Gasteiger partial charge in [-0.05, 0) is 31.2 Å². The number of benzene rings is 1. The first-order valence-corrected chi connectivity index (χ1v) is 10.2. The molecule has 0 saturated heterocycles. The maximum Gasteiger partial charge on any atom is 0.237 e. The highest BCUT2D eigenvalue weighted by Crippen LogP contribution is 2.27. The van der Waals surface area contributed by atoms with Gasteiger partial charge in [-0.15, -0.1) is 10.2 Å². The van der Waals surface area contributed by atoms with Crippen LogP contribution in [0.5, 0.6) is 5.75 Å². The molecule has 0 radical (unpaired) electrons. The number of nitrogens with zero attached hydrogens (tertiary/aromatic N) is 3. The number of primary amides is 1. The summed E-state index contributed by atoms with van der Waals surface area (Å²) < 4.78 is 12.5. The number of anilines is 1. The lowest BCUT2D eigenvalue weighted by Gasteiger charge is -2.14. The largest absolute Gasteiger partial charge is 0.495 e. The molecule has 0 saturated carbocycles. The van der Waals surface area contributed by atoms with Crippen molar-refractivity contribution >= 4 is 29.3 Å². The van der Waals surface area contributed by atoms with E-state index in [4.69, 9.17) is 14.9 Å². The molecule has 9 nitrogen and oxygen atoms in total. The average molecular weight is 430 g/mol. The molecule has 0 aliphatic rings. The number of amides is 2. The molecule has 1 aromatic carbocycles. The fraction of sp³-hybridized carbons (Fsp3) is 0.300. The molecular formula is C20H23N5O4S. The van der Waals surface area contributed by atoms with Gasteiger partial charge < -0.3 is 20.2 Å². The molecule has 0 bridgehead atoms. The molecule has 3 rings (SSSR count). The van der Waals surface area contributed by atoms with Crippen molar-refractivity contribution in [1.82, 2.24) is 14.8 Å². The molecule has 0 spiro atoms. The Morgan fingerprint density at radius 1 is 1.27 bits per heavy atom. The minimum atomic E-state index is -0.460. The van der Waals surface area contributed by atoms with Gasteiger partial charge in [0.05, 0.1) is 30.9 Å². The van der Waals surface area contributed by atoms with Gasteiger partial charge in [0.15, 0.2) is 5.16 Å². The quantitative estimate of drug-likeness (QED) is 0.474. The molecule has 0 aliphatic carbocycles. The summed E-state index contributed by atoms with van der Waals surface area (Å²) in [6.07, 6.45) is 2.09. The molecule has 158 valence electrons. The second-order valence-electron chi connectivity index (χ2n) is 6.48. The van der Waals surface area contributed by atoms with Crippen LogP contribution in [0.4, 0.5) is 5.69 Å². The summed E-state index contributed by atoms with van der Waals surface area (Å²) in [6, 6.07) is 10.8. The number of rotatable bonds is 10. The maximum absolute atomic E-state index is 12.7. The van der Waals surface area contributed by atoms with E-state index in [2.05, 4.69) is 15.5 Å². The summed E-state index contributed by atoms with van der Waals surface area (Å²) in [4.78, 5) is 23.9. The minimum Gasteiger partial charge on any atom is -0.495 e. The number of thioether (sulfide) groups is 1. The van der Waals surface area contributed by atoms with Gasteiger partial charge in [0, 0.05) is 12.8 Å². The lowest BCUT2D eigenvalue weighted by atomic mass is 10.3. The Kier molecular flexibility index (Phi) is 7.12. The third kappa shape index (κ3) is 5.41. The number of hydrogen-bond donors (Lipinski definition) is 2. The summed E-state index contributed by atoms with van der Waals surface area (Å²) in [7, 11) is 1.55. The highest BCUT2D eigenvalue weighted by Gasteiger charge is 2.22. The molecule has 10 heteroatoms. The predicted molar refractivity (Wildman–Crippen MR) is 112 cm³/mol. The molecule has 30 heavy (non-hydrogen) atoms. The number of furan rings is 1. The van der Waals surface area contributed by atoms with Crippen molar-refractivity contribution in [2.24, 2.45) is 5.73 Å². The van der Waals surface area contributed by atoms with E-state index in [9.17, 15) is 9.59 Å². The number of methoxy groups -OCH3 is 1. The van der Waals surface area contributed by atoms with Gasteiger partial charge in [-0.1, -0.05) is 23.9 Å². The molecule has 2 amide bonds. The van der Waals surface area contributed by atoms with Crippen molar-refractivity contribution in [3.05, 3.63) is 54.2 Å². The Morgan fingerprint density at radius 3 is 2.77 bits per heavy atom. The molecule has 2 aromatic heterocycles. The Labute approximate surface area is 178 Å². The second-order valence-corrected chi connectivity index (χ2v) is 7.79. The standard InChI is InChI=1S/C20H23N5O4S/c1-13(19(27)22-15-7-3-4-8-16(15)28-2)30-20-24-23-18(10-9-17(21)26)25(20)12-14-6-5-11-29-14/h3-8,11,13H,9-10,12H2,1-2H3,(H2,21,26)(H,22,27). The highest BCUT2D eigenvalue weighted by atomic mass is 32.2. The smallest absolute Gasteiger partial charge is 0.237 e. The molecule has 3 N–H and O–H groups in total. The van der Waals surface area contributed by atoms with Crippen LogP contribution in [0, 0.1) is 0 Å². The van der Waals surface area contributed by atoms with Crippen molar-refractivity contribution in [3.63, 3.8) is 0 Å². The zero-order valence-electron chi connectivity index (χ0n) is 16.7. The van der Waals surface area contributed by atoms with Gasteiger partial charge in [-0.25, -0.2) is 0 Å². The fourth-order valence-electron chi connectivity index (χ4n) is 2.74. The molecule has 1 atom stereocenters. The van der Waals surface area contributed by atoms with Crippen LogP contribution in [0.2, 0.25) is 0 Å². The van der Waals surface area contributed by atoms with Gasteiger partial charge in [0.1, 0.15) is 17.3 Å².